The third kappa shape index (κ3) is 4.17. The monoisotopic (exact) mass is 347 g/mol. The molecule has 0 N–H and O–H groups in total. The molecule has 0 fully saturated rings. The van der Waals surface area contributed by atoms with Crippen LogP contribution >= 0.6 is 15.9 Å². The van der Waals surface area contributed by atoms with Crippen molar-refractivity contribution in [1.29, 1.82) is 5.26 Å². The number of esters is 1. The van der Waals surface area contributed by atoms with Crippen molar-refractivity contribution in [2.24, 2.45) is 0 Å². The van der Waals surface area contributed by atoms with E-state index in [0.29, 0.717) is 11.1 Å². The van der Waals surface area contributed by atoms with Crippen LogP contribution in [0.25, 0.3) is 0 Å². The van der Waals surface area contributed by atoms with Gasteiger partial charge in [0.15, 0.2) is 0 Å². The summed E-state index contributed by atoms with van der Waals surface area (Å²) in [6, 6.07) is 4.56. The number of alkyl halides is 3. The van der Waals surface area contributed by atoms with Crippen LogP contribution in [-0.2, 0) is 21.3 Å². The molecule has 108 valence electrons. The molecule has 0 radical (unpaired) electrons. The largest absolute Gasteiger partial charge is 0.466 e. The van der Waals surface area contributed by atoms with Crippen molar-refractivity contribution in [1.82, 2.24) is 0 Å². The average molecular weight is 348 g/mol. The van der Waals surface area contributed by atoms with Crippen molar-refractivity contribution >= 4 is 21.9 Å². The highest BCUT2D eigenvalue weighted by Crippen LogP contribution is 2.29. The van der Waals surface area contributed by atoms with Gasteiger partial charge in [0.25, 0.3) is 0 Å². The smallest absolute Gasteiger partial charge is 0.387 e. The zero-order valence-electron chi connectivity index (χ0n) is 10.7. The molecule has 0 aliphatic carbocycles. The van der Waals surface area contributed by atoms with Crippen molar-refractivity contribution in [3.8, 4) is 11.8 Å². The Morgan fingerprint density at radius 3 is 2.65 bits per heavy atom. The van der Waals surface area contributed by atoms with Gasteiger partial charge in [0.2, 0.25) is 0 Å². The molecular weight excluding hydrogens is 336 g/mol. The maximum absolute atomic E-state index is 12.3. The number of nitrogens with zero attached hydrogens (tertiary/aromatic N) is 1. The van der Waals surface area contributed by atoms with Gasteiger partial charge >= 0.3 is 12.6 Å². The second-order valence-electron chi connectivity index (χ2n) is 3.67. The first-order valence-corrected chi connectivity index (χ1v) is 6.86. The number of rotatable bonds is 6. The van der Waals surface area contributed by atoms with E-state index in [1.807, 2.05) is 6.07 Å². The molecule has 0 amide bonds. The van der Waals surface area contributed by atoms with Crippen molar-refractivity contribution < 1.29 is 23.0 Å². The summed E-state index contributed by atoms with van der Waals surface area (Å²) in [4.78, 5) is 11.5. The van der Waals surface area contributed by atoms with Crippen LogP contribution in [0.5, 0.6) is 5.75 Å². The third-order valence-electron chi connectivity index (χ3n) is 2.48. The Labute approximate surface area is 123 Å². The highest BCUT2D eigenvalue weighted by Gasteiger charge is 2.19. The fraction of sp³-hybridized carbons (Fsp3) is 0.385. The lowest BCUT2D eigenvalue weighted by Gasteiger charge is -2.14. The topological polar surface area (TPSA) is 59.3 Å². The normalized spacial score (nSPS) is 10.2. The van der Waals surface area contributed by atoms with Crippen LogP contribution in [0, 0.1) is 11.3 Å². The first kappa shape index (κ1) is 16.4. The van der Waals surface area contributed by atoms with Gasteiger partial charge in [-0.3, -0.25) is 4.79 Å². The van der Waals surface area contributed by atoms with Gasteiger partial charge in [-0.25, -0.2) is 0 Å². The van der Waals surface area contributed by atoms with Crippen molar-refractivity contribution in [2.75, 3.05) is 6.61 Å². The molecule has 0 aliphatic rings. The predicted molar refractivity (Wildman–Crippen MR) is 70.8 cm³/mol. The second-order valence-corrected chi connectivity index (χ2v) is 4.23. The lowest BCUT2D eigenvalue weighted by atomic mass is 9.99. The fourth-order valence-corrected chi connectivity index (χ4v) is 2.30. The molecule has 7 heteroatoms. The first-order valence-electron chi connectivity index (χ1n) is 5.74. The van der Waals surface area contributed by atoms with Gasteiger partial charge < -0.3 is 9.47 Å². The fourth-order valence-electron chi connectivity index (χ4n) is 1.69. The molecule has 20 heavy (non-hydrogen) atoms. The van der Waals surface area contributed by atoms with Gasteiger partial charge in [-0.1, -0.05) is 15.9 Å². The Morgan fingerprint density at radius 2 is 2.15 bits per heavy atom. The van der Waals surface area contributed by atoms with E-state index in [0.717, 1.165) is 0 Å². The van der Waals surface area contributed by atoms with Crippen LogP contribution in [0.4, 0.5) is 8.78 Å². The number of nitriles is 1. The molecule has 1 aromatic carbocycles. The Bertz CT molecular complexity index is 529. The van der Waals surface area contributed by atoms with E-state index in [-0.39, 0.29) is 29.7 Å². The van der Waals surface area contributed by atoms with Gasteiger partial charge in [0.05, 0.1) is 24.7 Å². The van der Waals surface area contributed by atoms with Crippen LogP contribution in [-0.4, -0.2) is 19.2 Å². The molecule has 0 aliphatic heterocycles. The molecule has 4 nitrogen and oxygen atoms in total. The van der Waals surface area contributed by atoms with E-state index in [4.69, 9.17) is 10.00 Å². The van der Waals surface area contributed by atoms with Gasteiger partial charge in [-0.15, -0.1) is 0 Å². The Kier molecular flexibility index (Phi) is 6.39. The van der Waals surface area contributed by atoms with Crippen LogP contribution in [0.3, 0.4) is 0 Å². The zero-order chi connectivity index (χ0) is 15.1. The maximum atomic E-state index is 12.3. The van der Waals surface area contributed by atoms with E-state index in [9.17, 15) is 13.6 Å². The van der Waals surface area contributed by atoms with E-state index in [1.165, 1.54) is 12.1 Å². The van der Waals surface area contributed by atoms with Crippen LogP contribution < -0.4 is 4.74 Å². The Hall–Kier alpha value is -1.68. The number of carbonyl (C=O) groups is 1. The number of halogens is 3. The van der Waals surface area contributed by atoms with Crippen LogP contribution in [0.2, 0.25) is 0 Å². The third-order valence-corrected chi connectivity index (χ3v) is 3.05. The molecule has 0 bridgehead atoms. The number of hydrogen-bond acceptors (Lipinski definition) is 4. The van der Waals surface area contributed by atoms with Gasteiger partial charge in [0, 0.05) is 10.9 Å². The standard InChI is InChI=1S/C13H12BrF2NO3/c1-2-19-12(18)5-9-8(7-17)3-4-11(10(9)6-14)20-13(15)16/h3-4,13H,2,5-6H2,1H3. The number of carbonyl (C=O) groups excluding carboxylic acids is 1. The summed E-state index contributed by atoms with van der Waals surface area (Å²) in [5.74, 6) is -0.587. The van der Waals surface area contributed by atoms with E-state index < -0.39 is 12.6 Å². The summed E-state index contributed by atoms with van der Waals surface area (Å²) >= 11 is 3.15. The SMILES string of the molecule is CCOC(=O)Cc1c(C#N)ccc(OC(F)F)c1CBr. The van der Waals surface area contributed by atoms with Gasteiger partial charge in [0.1, 0.15) is 5.75 Å². The molecule has 0 spiro atoms. The molecular formula is C13H12BrF2NO3. The minimum Gasteiger partial charge on any atom is -0.466 e. The quantitative estimate of drug-likeness (QED) is 0.585. The molecule has 0 saturated heterocycles. The highest BCUT2D eigenvalue weighted by atomic mass is 79.9. The summed E-state index contributed by atoms with van der Waals surface area (Å²) < 4.78 is 33.9. The summed E-state index contributed by atoms with van der Waals surface area (Å²) in [6.45, 7) is -1.11. The maximum Gasteiger partial charge on any atom is 0.387 e. The van der Waals surface area contributed by atoms with Gasteiger partial charge in [-0.2, -0.15) is 14.0 Å². The molecule has 0 saturated carbocycles. The molecule has 0 heterocycles. The van der Waals surface area contributed by atoms with Crippen LogP contribution in [0.1, 0.15) is 23.6 Å². The summed E-state index contributed by atoms with van der Waals surface area (Å²) in [6.07, 6.45) is -0.169. The lowest BCUT2D eigenvalue weighted by molar-refractivity contribution is -0.142. The van der Waals surface area contributed by atoms with E-state index >= 15 is 0 Å². The van der Waals surface area contributed by atoms with Gasteiger partial charge in [-0.05, 0) is 24.6 Å². The molecule has 0 unspecified atom stereocenters. The second kappa shape index (κ2) is 7.80. The number of ether oxygens (including phenoxy) is 2. The average Bonchev–Trinajstić information content (AvgIpc) is 2.39. The first-order chi connectivity index (χ1) is 9.53. The van der Waals surface area contributed by atoms with Crippen molar-refractivity contribution in [2.45, 2.75) is 25.3 Å². The van der Waals surface area contributed by atoms with E-state index in [1.54, 1.807) is 6.92 Å². The molecule has 0 atom stereocenters. The van der Waals surface area contributed by atoms with Crippen molar-refractivity contribution in [3.05, 3.63) is 28.8 Å². The Balaban J connectivity index is 3.22. The lowest BCUT2D eigenvalue weighted by Crippen LogP contribution is -2.12. The number of hydrogen-bond donors (Lipinski definition) is 0. The Morgan fingerprint density at radius 1 is 1.45 bits per heavy atom. The summed E-state index contributed by atoms with van der Waals surface area (Å²) in [5.41, 5.74) is 0.910. The van der Waals surface area contributed by atoms with Crippen LogP contribution in [0.15, 0.2) is 12.1 Å². The minimum absolute atomic E-state index is 0.0600. The molecule has 1 aromatic rings. The van der Waals surface area contributed by atoms with Crippen molar-refractivity contribution in [3.63, 3.8) is 0 Å². The molecule has 0 aromatic heterocycles. The zero-order valence-corrected chi connectivity index (χ0v) is 12.2. The van der Waals surface area contributed by atoms with E-state index in [2.05, 4.69) is 20.7 Å². The highest BCUT2D eigenvalue weighted by molar-refractivity contribution is 9.08. The molecule has 1 rings (SSSR count). The summed E-state index contributed by atoms with van der Waals surface area (Å²) in [5, 5.41) is 9.23. The number of benzene rings is 1. The summed E-state index contributed by atoms with van der Waals surface area (Å²) in [7, 11) is 0. The predicted octanol–water partition coefficient (Wildman–Crippen LogP) is 3.16. The minimum atomic E-state index is -2.98.